The Morgan fingerprint density at radius 3 is 2.71 bits per heavy atom. The van der Waals surface area contributed by atoms with Crippen LogP contribution in [0.2, 0.25) is 0 Å². The molecule has 0 radical (unpaired) electrons. The average Bonchev–Trinajstić information content (AvgIpc) is 2.99. The summed E-state index contributed by atoms with van der Waals surface area (Å²) in [5.41, 5.74) is 0.270. The fourth-order valence-corrected chi connectivity index (χ4v) is 2.15. The van der Waals surface area contributed by atoms with Crippen molar-refractivity contribution in [3.8, 4) is 5.75 Å². The van der Waals surface area contributed by atoms with Gasteiger partial charge < -0.3 is 10.4 Å². The predicted octanol–water partition coefficient (Wildman–Crippen LogP) is 1.64. The number of rotatable bonds is 4. The molecule has 3 rings (SSSR count). The first-order valence-electron chi connectivity index (χ1n) is 6.58. The van der Waals surface area contributed by atoms with Crippen molar-refractivity contribution in [2.24, 2.45) is 0 Å². The van der Waals surface area contributed by atoms with Crippen molar-refractivity contribution in [3.63, 3.8) is 0 Å². The van der Waals surface area contributed by atoms with Crippen molar-refractivity contribution in [1.82, 2.24) is 20.5 Å². The quantitative estimate of drug-likeness (QED) is 0.678. The van der Waals surface area contributed by atoms with E-state index in [9.17, 15) is 9.90 Å². The Morgan fingerprint density at radius 1 is 1.24 bits per heavy atom. The lowest BCUT2D eigenvalue weighted by atomic mass is 10.1. The molecule has 3 aromatic rings. The van der Waals surface area contributed by atoms with E-state index in [0.29, 0.717) is 18.8 Å². The fraction of sp³-hybridized carbons (Fsp3) is 0.133. The first-order chi connectivity index (χ1) is 10.2. The Labute approximate surface area is 120 Å². The summed E-state index contributed by atoms with van der Waals surface area (Å²) in [7, 11) is 0. The molecular formula is C15H14N4O2. The van der Waals surface area contributed by atoms with Crippen molar-refractivity contribution < 1.29 is 9.90 Å². The van der Waals surface area contributed by atoms with E-state index in [1.807, 2.05) is 24.3 Å². The molecule has 2 aromatic carbocycles. The van der Waals surface area contributed by atoms with Gasteiger partial charge in [-0.25, -0.2) is 4.98 Å². The van der Waals surface area contributed by atoms with Gasteiger partial charge in [-0.05, 0) is 22.9 Å². The first kappa shape index (κ1) is 13.1. The fourth-order valence-electron chi connectivity index (χ4n) is 2.15. The van der Waals surface area contributed by atoms with Crippen LogP contribution >= 0.6 is 0 Å². The van der Waals surface area contributed by atoms with Crippen LogP contribution in [0.4, 0.5) is 0 Å². The Morgan fingerprint density at radius 2 is 2.00 bits per heavy atom. The summed E-state index contributed by atoms with van der Waals surface area (Å²) in [6.45, 7) is 0.417. The highest BCUT2D eigenvalue weighted by atomic mass is 16.3. The number of amides is 1. The molecular weight excluding hydrogens is 268 g/mol. The summed E-state index contributed by atoms with van der Waals surface area (Å²) in [5.74, 6) is 0.377. The van der Waals surface area contributed by atoms with Crippen LogP contribution in [0.3, 0.4) is 0 Å². The van der Waals surface area contributed by atoms with Crippen molar-refractivity contribution in [2.45, 2.75) is 6.42 Å². The van der Waals surface area contributed by atoms with Gasteiger partial charge in [0.25, 0.3) is 5.91 Å². The third-order valence-corrected chi connectivity index (χ3v) is 3.22. The standard InChI is InChI=1S/C15H14N4O2/c20-13-8-11-4-2-1-3-10(11)7-12(13)15(21)16-6-5-14-17-9-18-19-14/h1-4,7-9,20H,5-6H2,(H,16,21)(H,17,18,19). The number of carbonyl (C=O) groups excluding carboxylic acids is 1. The second-order valence-corrected chi connectivity index (χ2v) is 4.65. The number of aromatic nitrogens is 3. The lowest BCUT2D eigenvalue weighted by Gasteiger charge is -2.08. The number of hydrogen-bond donors (Lipinski definition) is 3. The number of benzene rings is 2. The van der Waals surface area contributed by atoms with Crippen LogP contribution in [0, 0.1) is 0 Å². The Hall–Kier alpha value is -2.89. The van der Waals surface area contributed by atoms with Crippen molar-refractivity contribution in [2.75, 3.05) is 6.54 Å². The lowest BCUT2D eigenvalue weighted by Crippen LogP contribution is -2.26. The van der Waals surface area contributed by atoms with Gasteiger partial charge in [0.1, 0.15) is 17.9 Å². The van der Waals surface area contributed by atoms with Gasteiger partial charge in [-0.2, -0.15) is 5.10 Å². The predicted molar refractivity (Wildman–Crippen MR) is 78.0 cm³/mol. The number of nitrogens with one attached hydrogen (secondary N) is 2. The Balaban J connectivity index is 1.73. The molecule has 0 atom stereocenters. The molecule has 1 aromatic heterocycles. The van der Waals surface area contributed by atoms with E-state index in [-0.39, 0.29) is 17.2 Å². The molecule has 106 valence electrons. The maximum atomic E-state index is 12.1. The molecule has 0 saturated carbocycles. The topological polar surface area (TPSA) is 90.9 Å². The summed E-state index contributed by atoms with van der Waals surface area (Å²) in [5, 5.41) is 21.0. The molecule has 0 spiro atoms. The molecule has 0 saturated heterocycles. The second-order valence-electron chi connectivity index (χ2n) is 4.65. The molecule has 0 fully saturated rings. The second kappa shape index (κ2) is 5.62. The van der Waals surface area contributed by atoms with Crippen LogP contribution in [0.1, 0.15) is 16.2 Å². The van der Waals surface area contributed by atoms with Gasteiger partial charge >= 0.3 is 0 Å². The van der Waals surface area contributed by atoms with E-state index in [1.54, 1.807) is 12.1 Å². The highest BCUT2D eigenvalue weighted by molar-refractivity contribution is 6.01. The van der Waals surface area contributed by atoms with E-state index in [4.69, 9.17) is 0 Å². The minimum Gasteiger partial charge on any atom is -0.507 e. The molecule has 0 bridgehead atoms. The lowest BCUT2D eigenvalue weighted by molar-refractivity contribution is 0.0951. The van der Waals surface area contributed by atoms with Gasteiger partial charge in [0, 0.05) is 13.0 Å². The van der Waals surface area contributed by atoms with Crippen LogP contribution in [-0.2, 0) is 6.42 Å². The van der Waals surface area contributed by atoms with Crippen LogP contribution in [-0.4, -0.2) is 32.7 Å². The molecule has 3 N–H and O–H groups in total. The van der Waals surface area contributed by atoms with Crippen LogP contribution in [0.25, 0.3) is 10.8 Å². The molecule has 0 unspecified atom stereocenters. The maximum Gasteiger partial charge on any atom is 0.255 e. The van der Waals surface area contributed by atoms with Gasteiger partial charge in [-0.3, -0.25) is 9.89 Å². The van der Waals surface area contributed by atoms with Gasteiger partial charge in [0.2, 0.25) is 0 Å². The summed E-state index contributed by atoms with van der Waals surface area (Å²) in [4.78, 5) is 16.1. The highest BCUT2D eigenvalue weighted by Gasteiger charge is 2.12. The zero-order valence-electron chi connectivity index (χ0n) is 11.2. The van der Waals surface area contributed by atoms with Crippen LogP contribution in [0.5, 0.6) is 5.75 Å². The van der Waals surface area contributed by atoms with Gasteiger partial charge in [-0.15, -0.1) is 0 Å². The minimum atomic E-state index is -0.308. The number of fused-ring (bicyclic) bond motifs is 1. The normalized spacial score (nSPS) is 10.7. The minimum absolute atomic E-state index is 0.0223. The van der Waals surface area contributed by atoms with E-state index >= 15 is 0 Å². The Bertz CT molecular complexity index is 768. The third-order valence-electron chi connectivity index (χ3n) is 3.22. The molecule has 1 amide bonds. The first-order valence-corrected chi connectivity index (χ1v) is 6.58. The number of H-pyrrole nitrogens is 1. The van der Waals surface area contributed by atoms with Gasteiger partial charge in [-0.1, -0.05) is 24.3 Å². The zero-order valence-corrected chi connectivity index (χ0v) is 11.2. The summed E-state index contributed by atoms with van der Waals surface area (Å²) in [6.07, 6.45) is 1.98. The highest BCUT2D eigenvalue weighted by Crippen LogP contribution is 2.24. The SMILES string of the molecule is O=C(NCCc1ncn[nH]1)c1cc2ccccc2cc1O. The zero-order chi connectivity index (χ0) is 14.7. The molecule has 21 heavy (non-hydrogen) atoms. The number of aromatic hydroxyl groups is 1. The van der Waals surface area contributed by atoms with E-state index in [1.165, 1.54) is 6.33 Å². The number of aromatic amines is 1. The number of carbonyl (C=O) groups is 1. The van der Waals surface area contributed by atoms with Gasteiger partial charge in [0.05, 0.1) is 5.56 Å². The van der Waals surface area contributed by atoms with Gasteiger partial charge in [0.15, 0.2) is 0 Å². The number of hydrogen-bond acceptors (Lipinski definition) is 4. The summed E-state index contributed by atoms with van der Waals surface area (Å²) in [6, 6.07) is 10.9. The summed E-state index contributed by atoms with van der Waals surface area (Å²) >= 11 is 0. The molecule has 0 aliphatic rings. The molecule has 0 aliphatic heterocycles. The number of phenols is 1. The Kier molecular flexibility index (Phi) is 3.51. The third kappa shape index (κ3) is 2.84. The monoisotopic (exact) mass is 282 g/mol. The molecule has 1 heterocycles. The van der Waals surface area contributed by atoms with E-state index in [2.05, 4.69) is 20.5 Å². The average molecular weight is 282 g/mol. The van der Waals surface area contributed by atoms with Crippen LogP contribution in [0.15, 0.2) is 42.7 Å². The number of nitrogens with zero attached hydrogens (tertiary/aromatic N) is 2. The van der Waals surface area contributed by atoms with Crippen molar-refractivity contribution in [3.05, 3.63) is 54.1 Å². The van der Waals surface area contributed by atoms with Crippen molar-refractivity contribution >= 4 is 16.7 Å². The molecule has 0 aliphatic carbocycles. The van der Waals surface area contributed by atoms with Crippen molar-refractivity contribution in [1.29, 1.82) is 0 Å². The van der Waals surface area contributed by atoms with E-state index in [0.717, 1.165) is 10.8 Å². The smallest absolute Gasteiger partial charge is 0.255 e. The largest absolute Gasteiger partial charge is 0.507 e. The molecule has 6 nitrogen and oxygen atoms in total. The van der Waals surface area contributed by atoms with E-state index < -0.39 is 0 Å². The maximum absolute atomic E-state index is 12.1. The van der Waals surface area contributed by atoms with Crippen LogP contribution < -0.4 is 5.32 Å². The molecule has 6 heteroatoms. The number of phenolic OH excluding ortho intramolecular Hbond substituents is 1. The summed E-state index contributed by atoms with van der Waals surface area (Å²) < 4.78 is 0.